The average Bonchev–Trinajstić information content (AvgIpc) is 2.57. The molecule has 0 atom stereocenters. The van der Waals surface area contributed by atoms with Crippen LogP contribution in [0.3, 0.4) is 0 Å². The third-order valence-electron chi connectivity index (χ3n) is 3.36. The highest BCUT2D eigenvalue weighted by Gasteiger charge is 2.18. The van der Waals surface area contributed by atoms with Crippen LogP contribution in [0.5, 0.6) is 11.5 Å². The van der Waals surface area contributed by atoms with Gasteiger partial charge in [0.25, 0.3) is 10.0 Å². The maximum atomic E-state index is 12.7. The molecule has 0 saturated heterocycles. The van der Waals surface area contributed by atoms with Gasteiger partial charge in [-0.3, -0.25) is 9.52 Å². The molecule has 25 heavy (non-hydrogen) atoms. The molecule has 0 spiro atoms. The van der Waals surface area contributed by atoms with Crippen LogP contribution in [0.1, 0.15) is 31.1 Å². The Kier molecular flexibility index (Phi) is 6.03. The Morgan fingerprint density at radius 3 is 2.40 bits per heavy atom. The zero-order valence-corrected chi connectivity index (χ0v) is 15.2. The predicted molar refractivity (Wildman–Crippen MR) is 96.0 cm³/mol. The molecule has 2 rings (SSSR count). The van der Waals surface area contributed by atoms with E-state index in [1.807, 2.05) is 13.8 Å². The summed E-state index contributed by atoms with van der Waals surface area (Å²) in [6.07, 6.45) is 0. The van der Waals surface area contributed by atoms with E-state index in [0.29, 0.717) is 30.3 Å². The molecule has 6 nitrogen and oxygen atoms in total. The molecule has 0 aliphatic heterocycles. The maximum absolute atomic E-state index is 12.7. The number of Topliss-reactive ketones (excluding diaryl/α,β-unsaturated/α-hetero) is 1. The van der Waals surface area contributed by atoms with Crippen molar-refractivity contribution in [3.8, 4) is 11.5 Å². The van der Waals surface area contributed by atoms with Crippen molar-refractivity contribution in [2.24, 2.45) is 0 Å². The molecule has 0 bridgehead atoms. The molecule has 0 aromatic heterocycles. The molecular formula is C18H21NO5S. The van der Waals surface area contributed by atoms with Crippen LogP contribution in [-0.2, 0) is 10.0 Å². The summed E-state index contributed by atoms with van der Waals surface area (Å²) in [6.45, 7) is 5.89. The molecule has 0 fully saturated rings. The Balaban J connectivity index is 2.40. The average molecular weight is 363 g/mol. The molecule has 0 heterocycles. The number of rotatable bonds is 8. The van der Waals surface area contributed by atoms with Crippen molar-refractivity contribution < 1.29 is 22.7 Å². The number of hydrogen-bond donors (Lipinski definition) is 1. The summed E-state index contributed by atoms with van der Waals surface area (Å²) >= 11 is 0. The minimum Gasteiger partial charge on any atom is -0.494 e. The van der Waals surface area contributed by atoms with Gasteiger partial charge in [-0.05, 0) is 45.0 Å². The fourth-order valence-electron chi connectivity index (χ4n) is 2.21. The van der Waals surface area contributed by atoms with Crippen LogP contribution < -0.4 is 14.2 Å². The van der Waals surface area contributed by atoms with E-state index in [2.05, 4.69) is 4.72 Å². The summed E-state index contributed by atoms with van der Waals surface area (Å²) in [4.78, 5) is 11.5. The number of anilines is 1. The number of ketones is 1. The van der Waals surface area contributed by atoms with Crippen LogP contribution >= 0.6 is 0 Å². The van der Waals surface area contributed by atoms with Crippen LogP contribution in [0.15, 0.2) is 47.4 Å². The van der Waals surface area contributed by atoms with Gasteiger partial charge in [-0.2, -0.15) is 0 Å². The second-order valence-corrected chi connectivity index (χ2v) is 6.90. The lowest BCUT2D eigenvalue weighted by Gasteiger charge is -2.15. The van der Waals surface area contributed by atoms with E-state index >= 15 is 0 Å². The molecule has 134 valence electrons. The summed E-state index contributed by atoms with van der Waals surface area (Å²) < 4.78 is 38.8. The van der Waals surface area contributed by atoms with Gasteiger partial charge in [0.1, 0.15) is 11.5 Å². The monoisotopic (exact) mass is 363 g/mol. The standard InChI is InChI=1S/C18H21NO5S/c1-4-23-15-9-10-18(24-5-2)17(12-15)19-25(21,22)16-8-6-7-14(11-16)13(3)20/h6-12,19H,4-5H2,1-3H3. The van der Waals surface area contributed by atoms with E-state index in [1.54, 1.807) is 24.3 Å². The van der Waals surface area contributed by atoms with Gasteiger partial charge < -0.3 is 9.47 Å². The lowest BCUT2D eigenvalue weighted by atomic mass is 10.2. The van der Waals surface area contributed by atoms with Crippen molar-refractivity contribution in [1.82, 2.24) is 0 Å². The number of hydrogen-bond acceptors (Lipinski definition) is 5. The Bertz CT molecular complexity index is 862. The molecule has 0 saturated carbocycles. The highest BCUT2D eigenvalue weighted by Crippen LogP contribution is 2.31. The summed E-state index contributed by atoms with van der Waals surface area (Å²) in [6, 6.07) is 10.8. The quantitative estimate of drug-likeness (QED) is 0.726. The summed E-state index contributed by atoms with van der Waals surface area (Å²) in [5.41, 5.74) is 0.608. The Hall–Kier alpha value is -2.54. The largest absolute Gasteiger partial charge is 0.494 e. The van der Waals surface area contributed by atoms with Crippen LogP contribution in [0, 0.1) is 0 Å². The van der Waals surface area contributed by atoms with E-state index in [4.69, 9.17) is 9.47 Å². The van der Waals surface area contributed by atoms with E-state index in [0.717, 1.165) is 0 Å². The topological polar surface area (TPSA) is 81.7 Å². The molecule has 2 aromatic carbocycles. The third kappa shape index (κ3) is 4.73. The van der Waals surface area contributed by atoms with Gasteiger partial charge in [0.05, 0.1) is 23.8 Å². The fraction of sp³-hybridized carbons (Fsp3) is 0.278. The SMILES string of the molecule is CCOc1ccc(OCC)c(NS(=O)(=O)c2cccc(C(C)=O)c2)c1. The van der Waals surface area contributed by atoms with Gasteiger partial charge in [0, 0.05) is 11.6 Å². The minimum absolute atomic E-state index is 0.00413. The van der Waals surface area contributed by atoms with Gasteiger partial charge >= 0.3 is 0 Å². The zero-order chi connectivity index (χ0) is 18.4. The van der Waals surface area contributed by atoms with Crippen molar-refractivity contribution in [3.05, 3.63) is 48.0 Å². The van der Waals surface area contributed by atoms with E-state index in [9.17, 15) is 13.2 Å². The van der Waals surface area contributed by atoms with E-state index < -0.39 is 10.0 Å². The van der Waals surface area contributed by atoms with Gasteiger partial charge in [0.2, 0.25) is 0 Å². The van der Waals surface area contributed by atoms with Crippen molar-refractivity contribution in [1.29, 1.82) is 0 Å². The minimum atomic E-state index is -3.88. The molecule has 1 N–H and O–H groups in total. The number of sulfonamides is 1. The molecule has 7 heteroatoms. The van der Waals surface area contributed by atoms with Gasteiger partial charge in [-0.15, -0.1) is 0 Å². The molecule has 0 aliphatic carbocycles. The molecular weight excluding hydrogens is 342 g/mol. The highest BCUT2D eigenvalue weighted by atomic mass is 32.2. The summed E-state index contributed by atoms with van der Waals surface area (Å²) in [7, 11) is -3.88. The lowest BCUT2D eigenvalue weighted by molar-refractivity contribution is 0.101. The predicted octanol–water partition coefficient (Wildman–Crippen LogP) is 3.49. The maximum Gasteiger partial charge on any atom is 0.262 e. The summed E-state index contributed by atoms with van der Waals surface area (Å²) in [5.74, 6) is 0.726. The van der Waals surface area contributed by atoms with Gasteiger partial charge in [0.15, 0.2) is 5.78 Å². The van der Waals surface area contributed by atoms with Crippen molar-refractivity contribution in [3.63, 3.8) is 0 Å². The first-order valence-electron chi connectivity index (χ1n) is 7.90. The first kappa shape index (κ1) is 18.8. The van der Waals surface area contributed by atoms with Crippen LogP contribution in [0.25, 0.3) is 0 Å². The number of ether oxygens (including phenoxy) is 2. The summed E-state index contributed by atoms with van der Waals surface area (Å²) in [5, 5.41) is 0. The molecule has 2 aromatic rings. The van der Waals surface area contributed by atoms with E-state index in [1.165, 1.54) is 25.1 Å². The van der Waals surface area contributed by atoms with Crippen LogP contribution in [0.2, 0.25) is 0 Å². The second-order valence-electron chi connectivity index (χ2n) is 5.21. The van der Waals surface area contributed by atoms with Crippen molar-refractivity contribution in [2.75, 3.05) is 17.9 Å². The number of benzene rings is 2. The Labute approximate surface area is 147 Å². The van der Waals surface area contributed by atoms with Crippen molar-refractivity contribution in [2.45, 2.75) is 25.7 Å². The van der Waals surface area contributed by atoms with Gasteiger partial charge in [-0.25, -0.2) is 8.42 Å². The van der Waals surface area contributed by atoms with Crippen LogP contribution in [0.4, 0.5) is 5.69 Å². The third-order valence-corrected chi connectivity index (χ3v) is 4.72. The van der Waals surface area contributed by atoms with E-state index in [-0.39, 0.29) is 16.4 Å². The first-order chi connectivity index (χ1) is 11.9. The lowest BCUT2D eigenvalue weighted by Crippen LogP contribution is -2.14. The molecule has 0 aliphatic rings. The second kappa shape index (κ2) is 8.02. The molecule has 0 radical (unpaired) electrons. The number of carbonyl (C=O) groups is 1. The normalized spacial score (nSPS) is 11.0. The molecule has 0 unspecified atom stereocenters. The van der Waals surface area contributed by atoms with Crippen LogP contribution in [-0.4, -0.2) is 27.4 Å². The first-order valence-corrected chi connectivity index (χ1v) is 9.39. The fourth-order valence-corrected chi connectivity index (χ4v) is 3.32. The Morgan fingerprint density at radius 1 is 1.04 bits per heavy atom. The van der Waals surface area contributed by atoms with Crippen molar-refractivity contribution >= 4 is 21.5 Å². The highest BCUT2D eigenvalue weighted by molar-refractivity contribution is 7.92. The Morgan fingerprint density at radius 2 is 1.76 bits per heavy atom. The molecule has 0 amide bonds. The smallest absolute Gasteiger partial charge is 0.262 e. The number of carbonyl (C=O) groups excluding carboxylic acids is 1. The zero-order valence-electron chi connectivity index (χ0n) is 14.4. The van der Waals surface area contributed by atoms with Gasteiger partial charge in [-0.1, -0.05) is 12.1 Å². The number of nitrogens with one attached hydrogen (secondary N) is 1.